The number of nitrogens with one attached hydrogen (secondary N) is 1. The van der Waals surface area contributed by atoms with Crippen molar-refractivity contribution in [3.05, 3.63) is 64.8 Å². The Morgan fingerprint density at radius 3 is 2.93 bits per heavy atom. The molecular formula is C22H22N4O2. The molecule has 0 bridgehead atoms. The minimum absolute atomic E-state index is 0.363. The highest BCUT2D eigenvalue weighted by atomic mass is 16.4. The molecule has 0 radical (unpaired) electrons. The minimum Gasteiger partial charge on any atom is -0.422 e. The quantitative estimate of drug-likeness (QED) is 0.546. The highest BCUT2D eigenvalue weighted by Gasteiger charge is 2.17. The van der Waals surface area contributed by atoms with Gasteiger partial charge in [-0.3, -0.25) is 0 Å². The van der Waals surface area contributed by atoms with Crippen molar-refractivity contribution >= 4 is 22.3 Å². The molecule has 3 aromatic heterocycles. The number of hydrogen-bond acceptors (Lipinski definition) is 5. The van der Waals surface area contributed by atoms with E-state index in [-0.39, 0.29) is 5.63 Å². The molecule has 6 heteroatoms. The van der Waals surface area contributed by atoms with E-state index >= 15 is 0 Å². The first kappa shape index (κ1) is 17.0. The Morgan fingerprint density at radius 1 is 1.18 bits per heavy atom. The number of benzene rings is 1. The molecule has 0 aliphatic carbocycles. The van der Waals surface area contributed by atoms with Gasteiger partial charge in [0.25, 0.3) is 0 Å². The van der Waals surface area contributed by atoms with Crippen LogP contribution in [0.15, 0.2) is 58.0 Å². The van der Waals surface area contributed by atoms with Crippen molar-refractivity contribution in [1.29, 1.82) is 0 Å². The molecule has 28 heavy (non-hydrogen) atoms. The Balaban J connectivity index is 1.56. The van der Waals surface area contributed by atoms with Gasteiger partial charge in [-0.2, -0.15) is 0 Å². The maximum absolute atomic E-state index is 12.7. The van der Waals surface area contributed by atoms with Gasteiger partial charge in [-0.15, -0.1) is 0 Å². The van der Waals surface area contributed by atoms with Crippen molar-refractivity contribution in [2.75, 3.05) is 24.5 Å². The molecule has 1 aromatic carbocycles. The summed E-state index contributed by atoms with van der Waals surface area (Å²) >= 11 is 0. The fraction of sp³-hybridized carbons (Fsp3) is 0.273. The number of rotatable bonds is 2. The Morgan fingerprint density at radius 2 is 2.07 bits per heavy atom. The molecule has 4 aromatic rings. The van der Waals surface area contributed by atoms with E-state index in [0.717, 1.165) is 41.9 Å². The molecule has 1 atom stereocenters. The number of anilines is 1. The lowest BCUT2D eigenvalue weighted by Gasteiger charge is -2.33. The van der Waals surface area contributed by atoms with Crippen LogP contribution < -0.4 is 15.8 Å². The van der Waals surface area contributed by atoms with Gasteiger partial charge >= 0.3 is 5.63 Å². The minimum atomic E-state index is -0.363. The van der Waals surface area contributed by atoms with E-state index in [4.69, 9.17) is 4.42 Å². The summed E-state index contributed by atoms with van der Waals surface area (Å²) in [4.78, 5) is 19.6. The summed E-state index contributed by atoms with van der Waals surface area (Å²) in [6.45, 7) is 7.04. The zero-order valence-electron chi connectivity index (χ0n) is 16.0. The molecule has 1 aliphatic rings. The molecule has 1 unspecified atom stereocenters. The molecule has 0 saturated carbocycles. The predicted octanol–water partition coefficient (Wildman–Crippen LogP) is 3.21. The Labute approximate surface area is 162 Å². The summed E-state index contributed by atoms with van der Waals surface area (Å²) in [7, 11) is 0. The smallest absolute Gasteiger partial charge is 0.345 e. The number of nitrogens with zero attached hydrogens (tertiary/aromatic N) is 3. The van der Waals surface area contributed by atoms with Gasteiger partial charge in [-0.1, -0.05) is 6.07 Å². The molecule has 5 rings (SSSR count). The standard InChI is InChI=1S/C22H22N4O2/c1-14-3-6-21-24-19(13-26(21)11-14)18-9-16-4-5-17(10-20(16)28-22(18)27)25-8-7-23-15(2)12-25/h3-6,9-11,13,15,23H,7-8,12H2,1-2H3. The van der Waals surface area contributed by atoms with Crippen LogP contribution >= 0.6 is 0 Å². The lowest BCUT2D eigenvalue weighted by atomic mass is 10.1. The number of imidazole rings is 1. The molecule has 0 spiro atoms. The lowest BCUT2D eigenvalue weighted by molar-refractivity contribution is 0.484. The van der Waals surface area contributed by atoms with Crippen LogP contribution in [0.3, 0.4) is 0 Å². The van der Waals surface area contributed by atoms with Crippen LogP contribution in [0.1, 0.15) is 12.5 Å². The number of fused-ring (bicyclic) bond motifs is 2. The predicted molar refractivity (Wildman–Crippen MR) is 111 cm³/mol. The van der Waals surface area contributed by atoms with E-state index in [1.807, 2.05) is 54.0 Å². The molecule has 1 fully saturated rings. The van der Waals surface area contributed by atoms with Crippen molar-refractivity contribution in [3.8, 4) is 11.3 Å². The molecule has 0 amide bonds. The van der Waals surface area contributed by atoms with Crippen LogP contribution in [-0.2, 0) is 0 Å². The average Bonchev–Trinajstić information content (AvgIpc) is 3.10. The maximum Gasteiger partial charge on any atom is 0.345 e. The molecule has 1 aliphatic heterocycles. The number of aryl methyl sites for hydroxylation is 1. The van der Waals surface area contributed by atoms with Crippen LogP contribution in [0.5, 0.6) is 0 Å². The van der Waals surface area contributed by atoms with E-state index in [2.05, 4.69) is 28.2 Å². The maximum atomic E-state index is 12.7. The molecular weight excluding hydrogens is 352 g/mol. The fourth-order valence-electron chi connectivity index (χ4n) is 3.87. The number of pyridine rings is 1. The van der Waals surface area contributed by atoms with E-state index < -0.39 is 0 Å². The highest BCUT2D eigenvalue weighted by molar-refractivity contribution is 5.84. The van der Waals surface area contributed by atoms with Gasteiger partial charge in [0.15, 0.2) is 0 Å². The summed E-state index contributed by atoms with van der Waals surface area (Å²) < 4.78 is 7.61. The van der Waals surface area contributed by atoms with E-state index in [0.29, 0.717) is 22.9 Å². The number of hydrogen-bond donors (Lipinski definition) is 1. The van der Waals surface area contributed by atoms with E-state index in [1.165, 1.54) is 0 Å². The summed E-state index contributed by atoms with van der Waals surface area (Å²) in [5.41, 5.74) is 4.38. The zero-order chi connectivity index (χ0) is 19.3. The molecule has 1 N–H and O–H groups in total. The van der Waals surface area contributed by atoms with Gasteiger partial charge in [0.05, 0.1) is 11.3 Å². The number of aromatic nitrogens is 2. The van der Waals surface area contributed by atoms with Crippen LogP contribution in [0.25, 0.3) is 27.9 Å². The van der Waals surface area contributed by atoms with Gasteiger partial charge in [0.1, 0.15) is 11.2 Å². The first-order valence-corrected chi connectivity index (χ1v) is 9.59. The zero-order valence-corrected chi connectivity index (χ0v) is 16.0. The van der Waals surface area contributed by atoms with Crippen molar-refractivity contribution < 1.29 is 4.42 Å². The van der Waals surface area contributed by atoms with Crippen LogP contribution in [0.2, 0.25) is 0 Å². The van der Waals surface area contributed by atoms with Crippen molar-refractivity contribution in [3.63, 3.8) is 0 Å². The Bertz CT molecular complexity index is 1240. The molecule has 142 valence electrons. The summed E-state index contributed by atoms with van der Waals surface area (Å²) in [6.07, 6.45) is 3.87. The third kappa shape index (κ3) is 2.96. The van der Waals surface area contributed by atoms with Gasteiger partial charge < -0.3 is 19.0 Å². The second-order valence-electron chi connectivity index (χ2n) is 7.57. The monoisotopic (exact) mass is 374 g/mol. The van der Waals surface area contributed by atoms with Crippen LogP contribution in [0.4, 0.5) is 5.69 Å². The van der Waals surface area contributed by atoms with Crippen LogP contribution in [0, 0.1) is 6.92 Å². The number of piperazine rings is 1. The summed E-state index contributed by atoms with van der Waals surface area (Å²) in [5, 5.41) is 4.34. The third-order valence-corrected chi connectivity index (χ3v) is 5.33. The Hall–Kier alpha value is -3.12. The normalized spacial score (nSPS) is 17.5. The van der Waals surface area contributed by atoms with Crippen molar-refractivity contribution in [1.82, 2.24) is 14.7 Å². The average molecular weight is 374 g/mol. The lowest BCUT2D eigenvalue weighted by Crippen LogP contribution is -2.49. The van der Waals surface area contributed by atoms with Gasteiger partial charge in [0, 0.05) is 55.2 Å². The van der Waals surface area contributed by atoms with Gasteiger partial charge in [0.2, 0.25) is 0 Å². The second kappa shape index (κ2) is 6.49. The Kier molecular flexibility index (Phi) is 3.94. The first-order chi connectivity index (χ1) is 13.6. The SMILES string of the molecule is Cc1ccc2nc(-c3cc4ccc(N5CCNC(C)C5)cc4oc3=O)cn2c1. The van der Waals surface area contributed by atoms with Crippen molar-refractivity contribution in [2.45, 2.75) is 19.9 Å². The summed E-state index contributed by atoms with van der Waals surface area (Å²) in [6, 6.07) is 12.3. The molecule has 1 saturated heterocycles. The van der Waals surface area contributed by atoms with E-state index in [1.54, 1.807) is 0 Å². The van der Waals surface area contributed by atoms with Crippen LogP contribution in [-0.4, -0.2) is 35.1 Å². The second-order valence-corrected chi connectivity index (χ2v) is 7.57. The third-order valence-electron chi connectivity index (χ3n) is 5.33. The fourth-order valence-corrected chi connectivity index (χ4v) is 3.87. The topological polar surface area (TPSA) is 62.8 Å². The molecule has 4 heterocycles. The highest BCUT2D eigenvalue weighted by Crippen LogP contribution is 2.26. The molecule has 6 nitrogen and oxygen atoms in total. The largest absolute Gasteiger partial charge is 0.422 e. The van der Waals surface area contributed by atoms with Gasteiger partial charge in [-0.25, -0.2) is 9.78 Å². The summed E-state index contributed by atoms with van der Waals surface area (Å²) in [5.74, 6) is 0. The van der Waals surface area contributed by atoms with E-state index in [9.17, 15) is 4.79 Å². The first-order valence-electron chi connectivity index (χ1n) is 9.59. The van der Waals surface area contributed by atoms with Gasteiger partial charge in [-0.05, 0) is 43.7 Å². The van der Waals surface area contributed by atoms with Crippen molar-refractivity contribution in [2.24, 2.45) is 0 Å².